The van der Waals surface area contributed by atoms with Gasteiger partial charge < -0.3 is 24.8 Å². The number of aryl methyl sites for hydroxylation is 1. The van der Waals surface area contributed by atoms with Crippen LogP contribution in [0.3, 0.4) is 0 Å². The first-order valence-electron chi connectivity index (χ1n) is 12.9. The summed E-state index contributed by atoms with van der Waals surface area (Å²) in [5.41, 5.74) is -0.684. The van der Waals surface area contributed by atoms with Gasteiger partial charge in [0.15, 0.2) is 5.69 Å². The van der Waals surface area contributed by atoms with Crippen molar-refractivity contribution in [2.24, 2.45) is 5.92 Å². The molecule has 0 radical (unpaired) electrons. The number of hydrogen-bond donors (Lipinski definition) is 2. The number of anilines is 2. The predicted molar refractivity (Wildman–Crippen MR) is 148 cm³/mol. The molecule has 3 rings (SSSR count). The van der Waals surface area contributed by atoms with Gasteiger partial charge in [0.05, 0.1) is 11.9 Å². The van der Waals surface area contributed by atoms with E-state index in [2.05, 4.69) is 20.7 Å². The summed E-state index contributed by atoms with van der Waals surface area (Å²) in [6, 6.07) is 7.79. The predicted octanol–water partition coefficient (Wildman–Crippen LogP) is 4.15. The van der Waals surface area contributed by atoms with Gasteiger partial charge >= 0.3 is 18.0 Å². The topological polar surface area (TPSA) is 151 Å². The van der Waals surface area contributed by atoms with Crippen LogP contribution in [-0.2, 0) is 25.5 Å². The SMILES string of the molecule is CCn1nc(C(=O)OCOC(=O)[C@H](CC(C)C)NC(=O)OC(C)(C)C)cc(Nc2cncc3ccccc23)c1=O. The Bertz CT molecular complexity index is 1420. The molecule has 0 aliphatic heterocycles. The number of benzene rings is 1. The molecule has 0 saturated heterocycles. The van der Waals surface area contributed by atoms with Gasteiger partial charge in [-0.15, -0.1) is 0 Å². The summed E-state index contributed by atoms with van der Waals surface area (Å²) in [6.45, 7) is 10.1. The van der Waals surface area contributed by atoms with E-state index in [9.17, 15) is 19.2 Å². The van der Waals surface area contributed by atoms with Gasteiger partial charge in [0, 0.05) is 29.6 Å². The zero-order valence-electron chi connectivity index (χ0n) is 23.5. The Morgan fingerprint density at radius 1 is 1.05 bits per heavy atom. The van der Waals surface area contributed by atoms with Crippen LogP contribution in [0.25, 0.3) is 10.8 Å². The summed E-state index contributed by atoms with van der Waals surface area (Å²) in [5, 5.41) is 11.3. The number of nitrogens with one attached hydrogen (secondary N) is 2. The minimum absolute atomic E-state index is 0.0530. The van der Waals surface area contributed by atoms with E-state index in [1.165, 1.54) is 6.07 Å². The molecule has 2 aromatic heterocycles. The van der Waals surface area contributed by atoms with Crippen LogP contribution in [0.15, 0.2) is 47.5 Å². The van der Waals surface area contributed by atoms with Crippen LogP contribution in [0.4, 0.5) is 16.2 Å². The number of ether oxygens (including phenoxy) is 3. The molecule has 214 valence electrons. The number of hydrogen-bond acceptors (Lipinski definition) is 10. The van der Waals surface area contributed by atoms with E-state index in [4.69, 9.17) is 14.2 Å². The summed E-state index contributed by atoms with van der Waals surface area (Å²) < 4.78 is 16.6. The van der Waals surface area contributed by atoms with E-state index in [1.54, 1.807) is 40.1 Å². The standard InChI is InChI=1S/C28H35N5O7/c1-7-33-24(34)20(30-23-15-29-14-18-10-8-9-11-19(18)23)13-22(32-33)26(36)39-16-38-25(35)21(12-17(2)3)31-27(37)40-28(4,5)6/h8-11,13-15,17,21,30H,7,12,16H2,1-6H3,(H,31,37)/t21-/m0/s1. The van der Waals surface area contributed by atoms with Crippen molar-refractivity contribution in [2.75, 3.05) is 12.1 Å². The van der Waals surface area contributed by atoms with Gasteiger partial charge in [0.2, 0.25) is 6.79 Å². The molecule has 0 unspecified atom stereocenters. The molecule has 1 aromatic carbocycles. The highest BCUT2D eigenvalue weighted by molar-refractivity contribution is 5.95. The van der Waals surface area contributed by atoms with Crippen molar-refractivity contribution in [1.82, 2.24) is 20.1 Å². The number of rotatable bonds is 10. The molecule has 2 N–H and O–H groups in total. The second-order valence-electron chi connectivity index (χ2n) is 10.4. The van der Waals surface area contributed by atoms with Crippen molar-refractivity contribution in [2.45, 2.75) is 66.2 Å². The average Bonchev–Trinajstić information content (AvgIpc) is 2.88. The first-order valence-corrected chi connectivity index (χ1v) is 12.9. The van der Waals surface area contributed by atoms with Gasteiger partial charge in [-0.05, 0) is 40.0 Å². The number of carbonyl (C=O) groups is 3. The lowest BCUT2D eigenvalue weighted by Crippen LogP contribution is -2.45. The van der Waals surface area contributed by atoms with E-state index in [-0.39, 0.29) is 30.3 Å². The lowest BCUT2D eigenvalue weighted by Gasteiger charge is -2.23. The maximum Gasteiger partial charge on any atom is 0.408 e. The first kappa shape index (κ1) is 30.1. The van der Waals surface area contributed by atoms with Crippen LogP contribution in [0.1, 0.15) is 58.5 Å². The molecule has 0 spiro atoms. The Labute approximate surface area is 232 Å². The quantitative estimate of drug-likeness (QED) is 0.277. The van der Waals surface area contributed by atoms with E-state index in [0.29, 0.717) is 5.69 Å². The van der Waals surface area contributed by atoms with Crippen LogP contribution in [0, 0.1) is 5.92 Å². The molecule has 2 heterocycles. The molecular weight excluding hydrogens is 518 g/mol. The van der Waals surface area contributed by atoms with Crippen molar-refractivity contribution in [1.29, 1.82) is 0 Å². The minimum atomic E-state index is -1.00. The highest BCUT2D eigenvalue weighted by atomic mass is 16.7. The number of fused-ring (bicyclic) bond motifs is 1. The number of aromatic nitrogens is 3. The van der Waals surface area contributed by atoms with Crippen LogP contribution in [0.5, 0.6) is 0 Å². The minimum Gasteiger partial charge on any atom is -0.444 e. The fourth-order valence-corrected chi connectivity index (χ4v) is 3.76. The van der Waals surface area contributed by atoms with Crippen molar-refractivity contribution in [3.05, 3.63) is 58.8 Å². The lowest BCUT2D eigenvalue weighted by atomic mass is 10.0. The lowest BCUT2D eigenvalue weighted by molar-refractivity contribution is -0.155. The van der Waals surface area contributed by atoms with Crippen molar-refractivity contribution in [3.63, 3.8) is 0 Å². The largest absolute Gasteiger partial charge is 0.444 e. The molecule has 0 aliphatic carbocycles. The zero-order chi connectivity index (χ0) is 29.4. The van der Waals surface area contributed by atoms with Gasteiger partial charge in [-0.1, -0.05) is 38.1 Å². The van der Waals surface area contributed by atoms with Crippen LogP contribution < -0.4 is 16.2 Å². The molecule has 12 heteroatoms. The summed E-state index contributed by atoms with van der Waals surface area (Å²) >= 11 is 0. The van der Waals surface area contributed by atoms with E-state index in [0.717, 1.165) is 15.5 Å². The molecule has 1 atom stereocenters. The fourth-order valence-electron chi connectivity index (χ4n) is 3.76. The number of pyridine rings is 1. The molecular formula is C28H35N5O7. The normalized spacial score (nSPS) is 12.1. The maximum atomic E-state index is 12.9. The van der Waals surface area contributed by atoms with Crippen LogP contribution in [-0.4, -0.2) is 51.2 Å². The van der Waals surface area contributed by atoms with Crippen molar-refractivity contribution in [3.8, 4) is 0 Å². The fraction of sp³-hybridized carbons (Fsp3) is 0.429. The Hall–Kier alpha value is -4.48. The Morgan fingerprint density at radius 2 is 1.77 bits per heavy atom. The molecule has 12 nitrogen and oxygen atoms in total. The van der Waals surface area contributed by atoms with Gasteiger partial charge in [-0.25, -0.2) is 19.1 Å². The summed E-state index contributed by atoms with van der Waals surface area (Å²) in [6.07, 6.45) is 2.80. The maximum absolute atomic E-state index is 12.9. The number of amides is 1. The monoisotopic (exact) mass is 553 g/mol. The molecule has 1 amide bonds. The smallest absolute Gasteiger partial charge is 0.408 e. The Balaban J connectivity index is 1.71. The number of alkyl carbamates (subject to hydrolysis) is 1. The van der Waals surface area contributed by atoms with Crippen LogP contribution >= 0.6 is 0 Å². The molecule has 0 saturated carbocycles. The summed E-state index contributed by atoms with van der Waals surface area (Å²) in [7, 11) is 0. The highest BCUT2D eigenvalue weighted by Crippen LogP contribution is 2.24. The van der Waals surface area contributed by atoms with Gasteiger partial charge in [0.1, 0.15) is 17.3 Å². The Kier molecular flexibility index (Phi) is 9.81. The molecule has 0 fully saturated rings. The van der Waals surface area contributed by atoms with E-state index < -0.39 is 42.0 Å². The van der Waals surface area contributed by atoms with Crippen LogP contribution in [0.2, 0.25) is 0 Å². The number of carbonyl (C=O) groups excluding carboxylic acids is 3. The van der Waals surface area contributed by atoms with Crippen molar-refractivity contribution < 1.29 is 28.6 Å². The molecule has 3 aromatic rings. The highest BCUT2D eigenvalue weighted by Gasteiger charge is 2.27. The third kappa shape index (κ3) is 8.26. The van der Waals surface area contributed by atoms with Crippen molar-refractivity contribution >= 4 is 40.2 Å². The zero-order valence-corrected chi connectivity index (χ0v) is 23.5. The second kappa shape index (κ2) is 13.0. The third-order valence-electron chi connectivity index (χ3n) is 5.49. The first-order chi connectivity index (χ1) is 18.9. The van der Waals surface area contributed by atoms with E-state index in [1.807, 2.05) is 38.1 Å². The molecule has 40 heavy (non-hydrogen) atoms. The van der Waals surface area contributed by atoms with E-state index >= 15 is 0 Å². The van der Waals surface area contributed by atoms with Gasteiger partial charge in [-0.3, -0.25) is 9.78 Å². The molecule has 0 aliphatic rings. The number of esters is 2. The van der Waals surface area contributed by atoms with Gasteiger partial charge in [0.25, 0.3) is 5.56 Å². The average molecular weight is 554 g/mol. The summed E-state index contributed by atoms with van der Waals surface area (Å²) in [4.78, 5) is 54.7. The second-order valence-corrected chi connectivity index (χ2v) is 10.4. The van der Waals surface area contributed by atoms with Gasteiger partial charge in [-0.2, -0.15) is 5.10 Å². The summed E-state index contributed by atoms with van der Waals surface area (Å²) in [5.74, 6) is -1.64. The number of nitrogens with zero attached hydrogens (tertiary/aromatic N) is 3. The third-order valence-corrected chi connectivity index (χ3v) is 5.49. The molecule has 0 bridgehead atoms. The Morgan fingerprint density at radius 3 is 2.45 bits per heavy atom.